The van der Waals surface area contributed by atoms with E-state index in [4.69, 9.17) is 38.0 Å². The van der Waals surface area contributed by atoms with Gasteiger partial charge in [0.25, 0.3) is 0 Å². The SMILES string of the molecule is COc1nc(-c2cccc(-c3cccc(-c4ccc5nc(N(C)C[C@@H](O)CC(=O)N(C)C)cn5n4)c3Cl)c2Cl)ccc1CNC[C@@H]1CCC(=O)N1. The zero-order valence-electron chi connectivity index (χ0n) is 28.9. The molecule has 6 rings (SSSR count). The van der Waals surface area contributed by atoms with Gasteiger partial charge in [0.1, 0.15) is 5.82 Å². The third-order valence-electron chi connectivity index (χ3n) is 8.86. The highest BCUT2D eigenvalue weighted by atomic mass is 35.5. The highest BCUT2D eigenvalue weighted by Gasteiger charge is 2.22. The van der Waals surface area contributed by atoms with Crippen molar-refractivity contribution in [3.05, 3.63) is 82.5 Å². The maximum Gasteiger partial charge on any atom is 0.224 e. The summed E-state index contributed by atoms with van der Waals surface area (Å²) < 4.78 is 7.31. The number of nitrogens with zero attached hydrogens (tertiary/aromatic N) is 6. The van der Waals surface area contributed by atoms with Gasteiger partial charge in [0, 0.05) is 81.1 Å². The number of anilines is 1. The summed E-state index contributed by atoms with van der Waals surface area (Å²) in [6.07, 6.45) is 2.34. The van der Waals surface area contributed by atoms with E-state index in [1.807, 2.05) is 67.7 Å². The van der Waals surface area contributed by atoms with Crippen molar-refractivity contribution in [2.45, 2.75) is 38.0 Å². The molecule has 51 heavy (non-hydrogen) atoms. The number of amides is 2. The van der Waals surface area contributed by atoms with Gasteiger partial charge in [0.05, 0.1) is 47.3 Å². The molecule has 1 aliphatic heterocycles. The minimum absolute atomic E-state index is 0.0215. The van der Waals surface area contributed by atoms with Gasteiger partial charge < -0.3 is 30.3 Å². The Morgan fingerprint density at radius 1 is 1.00 bits per heavy atom. The summed E-state index contributed by atoms with van der Waals surface area (Å²) in [5.41, 5.74) is 5.73. The van der Waals surface area contributed by atoms with E-state index in [-0.39, 0.29) is 30.8 Å². The van der Waals surface area contributed by atoms with Crippen LogP contribution in [0.4, 0.5) is 5.82 Å². The topological polar surface area (TPSA) is 137 Å². The maximum atomic E-state index is 12.0. The molecule has 2 atom stereocenters. The molecule has 1 fully saturated rings. The average Bonchev–Trinajstić information content (AvgIpc) is 3.74. The lowest BCUT2D eigenvalue weighted by atomic mass is 9.98. The lowest BCUT2D eigenvalue weighted by molar-refractivity contribution is -0.130. The molecule has 4 heterocycles. The van der Waals surface area contributed by atoms with Crippen molar-refractivity contribution < 1.29 is 19.4 Å². The van der Waals surface area contributed by atoms with Crippen LogP contribution >= 0.6 is 23.2 Å². The van der Waals surface area contributed by atoms with Crippen molar-refractivity contribution in [2.75, 3.05) is 46.2 Å². The Kier molecular flexibility index (Phi) is 11.1. The number of likely N-dealkylation sites (N-methyl/N-ethyl adjacent to an activating group) is 1. The molecule has 0 unspecified atom stereocenters. The van der Waals surface area contributed by atoms with Gasteiger partial charge in [-0.3, -0.25) is 9.59 Å². The van der Waals surface area contributed by atoms with Crippen molar-refractivity contribution in [3.63, 3.8) is 0 Å². The van der Waals surface area contributed by atoms with E-state index in [2.05, 4.69) is 15.6 Å². The molecule has 2 aromatic carbocycles. The highest BCUT2D eigenvalue weighted by Crippen LogP contribution is 2.42. The molecule has 3 N–H and O–H groups in total. The van der Waals surface area contributed by atoms with Crippen LogP contribution < -0.4 is 20.3 Å². The second-order valence-electron chi connectivity index (χ2n) is 12.8. The molecule has 266 valence electrons. The van der Waals surface area contributed by atoms with E-state index in [1.165, 1.54) is 4.90 Å². The van der Waals surface area contributed by atoms with E-state index in [9.17, 15) is 14.7 Å². The third-order valence-corrected chi connectivity index (χ3v) is 9.67. The number of carbonyl (C=O) groups excluding carboxylic acids is 2. The van der Waals surface area contributed by atoms with Gasteiger partial charge in [-0.2, -0.15) is 5.10 Å². The number of fused-ring (bicyclic) bond motifs is 1. The number of ether oxygens (including phenoxy) is 1. The Bertz CT molecular complexity index is 2070. The monoisotopic (exact) mass is 730 g/mol. The number of carbonyl (C=O) groups is 2. The van der Waals surface area contributed by atoms with Crippen LogP contribution in [0.3, 0.4) is 0 Å². The molecule has 0 bridgehead atoms. The number of pyridine rings is 1. The molecule has 12 nitrogen and oxygen atoms in total. The van der Waals surface area contributed by atoms with Gasteiger partial charge >= 0.3 is 0 Å². The number of methoxy groups -OCH3 is 1. The summed E-state index contributed by atoms with van der Waals surface area (Å²) in [6, 6.07) is 19.2. The maximum absolute atomic E-state index is 12.0. The minimum atomic E-state index is -0.844. The normalized spacial score (nSPS) is 14.8. The van der Waals surface area contributed by atoms with Crippen molar-refractivity contribution in [1.82, 2.24) is 35.1 Å². The molecule has 14 heteroatoms. The quantitative estimate of drug-likeness (QED) is 0.151. The first kappa shape index (κ1) is 36.1. The zero-order chi connectivity index (χ0) is 36.2. The number of halogens is 2. The van der Waals surface area contributed by atoms with Crippen LogP contribution in [0.1, 0.15) is 24.8 Å². The number of aliphatic hydroxyl groups excluding tert-OH is 1. The van der Waals surface area contributed by atoms with Crippen LogP contribution in [0.2, 0.25) is 10.0 Å². The molecule has 5 aromatic rings. The van der Waals surface area contributed by atoms with Gasteiger partial charge in [-0.25, -0.2) is 14.5 Å². The number of imidazole rings is 1. The standard InChI is InChI=1S/C37H40Cl2N8O4/c1-45(2)34(50)17-24(48)20-46(3)32-21-47-31(43-32)15-14-30(44-47)28-10-6-8-26(36(28)39)25-7-5-9-27(35(25)38)29-13-11-22(37(42-29)51-4)18-40-19-23-12-16-33(49)41-23/h5-11,13-15,21,23-24,40,48H,12,16-20H2,1-4H3,(H,41,49)/t23-,24-/m0/s1. The van der Waals surface area contributed by atoms with E-state index in [0.29, 0.717) is 63.9 Å². The van der Waals surface area contributed by atoms with Gasteiger partial charge in [0.15, 0.2) is 5.65 Å². The summed E-state index contributed by atoms with van der Waals surface area (Å²) in [7, 11) is 6.72. The van der Waals surface area contributed by atoms with Crippen LogP contribution in [0.15, 0.2) is 66.9 Å². The lowest BCUT2D eigenvalue weighted by Gasteiger charge is -2.21. The Hall–Kier alpha value is -4.75. The van der Waals surface area contributed by atoms with E-state index in [1.54, 1.807) is 36.8 Å². The number of aromatic nitrogens is 4. The number of hydrogen-bond acceptors (Lipinski definition) is 9. The van der Waals surface area contributed by atoms with Crippen LogP contribution in [-0.2, 0) is 16.1 Å². The number of rotatable bonds is 13. The zero-order valence-corrected chi connectivity index (χ0v) is 30.4. The number of aliphatic hydroxyl groups is 1. The van der Waals surface area contributed by atoms with Crippen molar-refractivity contribution in [2.24, 2.45) is 0 Å². The molecule has 0 spiro atoms. The average molecular weight is 732 g/mol. The first-order valence-corrected chi connectivity index (χ1v) is 17.4. The molecule has 0 saturated carbocycles. The van der Waals surface area contributed by atoms with Crippen LogP contribution in [-0.4, -0.2) is 94.9 Å². The van der Waals surface area contributed by atoms with E-state index < -0.39 is 6.10 Å². The molecule has 3 aromatic heterocycles. The third kappa shape index (κ3) is 8.10. The van der Waals surface area contributed by atoms with Gasteiger partial charge in [-0.1, -0.05) is 65.7 Å². The van der Waals surface area contributed by atoms with E-state index >= 15 is 0 Å². The number of nitrogens with one attached hydrogen (secondary N) is 2. The van der Waals surface area contributed by atoms with Crippen molar-refractivity contribution >= 4 is 46.5 Å². The van der Waals surface area contributed by atoms with Crippen LogP contribution in [0.25, 0.3) is 39.3 Å². The second kappa shape index (κ2) is 15.6. The Morgan fingerprint density at radius 2 is 1.67 bits per heavy atom. The highest BCUT2D eigenvalue weighted by molar-refractivity contribution is 6.39. The second-order valence-corrected chi connectivity index (χ2v) is 13.5. The lowest BCUT2D eigenvalue weighted by Crippen LogP contribution is -2.35. The summed E-state index contributed by atoms with van der Waals surface area (Å²) in [6.45, 7) is 1.44. The predicted octanol–water partition coefficient (Wildman–Crippen LogP) is 5.08. The summed E-state index contributed by atoms with van der Waals surface area (Å²) >= 11 is 14.2. The number of hydrogen-bond donors (Lipinski definition) is 3. The van der Waals surface area contributed by atoms with E-state index in [0.717, 1.165) is 28.7 Å². The summed E-state index contributed by atoms with van der Waals surface area (Å²) in [5, 5.41) is 22.6. The van der Waals surface area contributed by atoms with Crippen molar-refractivity contribution in [1.29, 1.82) is 0 Å². The molecular formula is C37H40Cl2N8O4. The molecule has 1 saturated heterocycles. The molecule has 0 radical (unpaired) electrons. The number of benzene rings is 2. The van der Waals surface area contributed by atoms with Crippen LogP contribution in [0.5, 0.6) is 5.88 Å². The first-order valence-electron chi connectivity index (χ1n) is 16.6. The molecule has 2 amide bonds. The minimum Gasteiger partial charge on any atom is -0.481 e. The fraction of sp³-hybridized carbons (Fsp3) is 0.324. The largest absolute Gasteiger partial charge is 0.481 e. The first-order chi connectivity index (χ1) is 24.5. The Balaban J connectivity index is 1.22. The molecule has 1 aliphatic rings. The molecular weight excluding hydrogens is 691 g/mol. The summed E-state index contributed by atoms with van der Waals surface area (Å²) in [4.78, 5) is 36.2. The predicted molar refractivity (Wildman–Crippen MR) is 199 cm³/mol. The fourth-order valence-corrected chi connectivity index (χ4v) is 6.72. The van der Waals surface area contributed by atoms with Crippen molar-refractivity contribution in [3.8, 4) is 39.5 Å². The van der Waals surface area contributed by atoms with Crippen LogP contribution in [0, 0.1) is 0 Å². The van der Waals surface area contributed by atoms with Gasteiger partial charge in [-0.05, 0) is 24.6 Å². The van der Waals surface area contributed by atoms with Gasteiger partial charge in [-0.15, -0.1) is 0 Å². The summed E-state index contributed by atoms with van der Waals surface area (Å²) in [5.74, 6) is 1.04. The fourth-order valence-electron chi connectivity index (χ4n) is 6.07. The Labute approximate surface area is 306 Å². The smallest absolute Gasteiger partial charge is 0.224 e. The Morgan fingerprint density at radius 3 is 2.31 bits per heavy atom. The van der Waals surface area contributed by atoms with Gasteiger partial charge in [0.2, 0.25) is 17.7 Å². The molecule has 0 aliphatic carbocycles.